The number of nitrogens with zero attached hydrogens (tertiary/aromatic N) is 2. The molecule has 3 aliphatic rings. The van der Waals surface area contributed by atoms with Crippen molar-refractivity contribution in [1.29, 1.82) is 0 Å². The van der Waals surface area contributed by atoms with Crippen molar-refractivity contribution in [3.05, 3.63) is 65.7 Å². The smallest absolute Gasteiger partial charge is 0.255 e. The lowest BCUT2D eigenvalue weighted by Crippen LogP contribution is -2.59. The van der Waals surface area contributed by atoms with Gasteiger partial charge < -0.3 is 4.90 Å². The molecular weight excluding hydrogens is 378 g/mol. The number of rotatable bonds is 2. The van der Waals surface area contributed by atoms with Crippen LogP contribution in [0, 0.1) is 10.8 Å². The molecule has 2 aliphatic heterocycles. The molecule has 2 heterocycles. The summed E-state index contributed by atoms with van der Waals surface area (Å²) >= 11 is 0. The van der Waals surface area contributed by atoms with Gasteiger partial charge in [0.05, 0.1) is 6.54 Å². The first-order chi connectivity index (χ1) is 14.2. The van der Waals surface area contributed by atoms with Crippen LogP contribution in [0.2, 0.25) is 0 Å². The number of carbonyl (C=O) groups excluding carboxylic acids is 3. The van der Waals surface area contributed by atoms with Crippen molar-refractivity contribution in [2.45, 2.75) is 38.8 Å². The lowest BCUT2D eigenvalue weighted by molar-refractivity contribution is -0.147. The van der Waals surface area contributed by atoms with Crippen LogP contribution < -0.4 is 10.3 Å². The third-order valence-electron chi connectivity index (χ3n) is 6.85. The molecule has 30 heavy (non-hydrogen) atoms. The number of anilines is 1. The SMILES string of the molecule is CN1N[C@@]2(C(=O)N(Cc3ccccc3)c3ccccc32)[C@@]2(CC(C)(C)CC2=O)C1=O. The van der Waals surface area contributed by atoms with Gasteiger partial charge in [0.2, 0.25) is 0 Å². The maximum Gasteiger partial charge on any atom is 0.255 e. The molecule has 0 bridgehead atoms. The largest absolute Gasteiger partial charge is 0.306 e. The monoisotopic (exact) mass is 403 g/mol. The van der Waals surface area contributed by atoms with Crippen LogP contribution in [0.1, 0.15) is 37.8 Å². The average Bonchev–Trinajstić information content (AvgIpc) is 3.20. The molecule has 2 aromatic rings. The van der Waals surface area contributed by atoms with Crippen molar-refractivity contribution >= 4 is 23.3 Å². The molecule has 2 amide bonds. The maximum atomic E-state index is 14.1. The number of Topliss-reactive ketones (excluding diaryl/α,β-unsaturated/α-hetero) is 1. The van der Waals surface area contributed by atoms with Crippen LogP contribution in [-0.2, 0) is 26.5 Å². The van der Waals surface area contributed by atoms with Gasteiger partial charge in [-0.2, -0.15) is 0 Å². The van der Waals surface area contributed by atoms with E-state index in [9.17, 15) is 14.4 Å². The Morgan fingerprint density at radius 2 is 1.60 bits per heavy atom. The Hall–Kier alpha value is -2.99. The molecule has 6 nitrogen and oxygen atoms in total. The molecule has 0 radical (unpaired) electrons. The average molecular weight is 403 g/mol. The highest BCUT2D eigenvalue weighted by molar-refractivity contribution is 6.21. The molecule has 1 aliphatic carbocycles. The summed E-state index contributed by atoms with van der Waals surface area (Å²) in [6, 6.07) is 17.3. The minimum Gasteiger partial charge on any atom is -0.306 e. The van der Waals surface area contributed by atoms with E-state index >= 15 is 0 Å². The van der Waals surface area contributed by atoms with Gasteiger partial charge in [-0.3, -0.25) is 19.4 Å². The van der Waals surface area contributed by atoms with Crippen LogP contribution in [0.15, 0.2) is 54.6 Å². The Bertz CT molecular complexity index is 1080. The molecular formula is C24H25N3O3. The Labute approximate surface area is 175 Å². The van der Waals surface area contributed by atoms with Gasteiger partial charge in [-0.05, 0) is 23.5 Å². The van der Waals surface area contributed by atoms with Gasteiger partial charge in [-0.15, -0.1) is 0 Å². The van der Waals surface area contributed by atoms with E-state index in [0.717, 1.165) is 11.3 Å². The van der Waals surface area contributed by atoms with E-state index in [-0.39, 0.29) is 29.4 Å². The van der Waals surface area contributed by atoms with E-state index in [1.807, 2.05) is 68.4 Å². The first-order valence-electron chi connectivity index (χ1n) is 10.3. The van der Waals surface area contributed by atoms with E-state index in [1.165, 1.54) is 5.01 Å². The molecule has 1 saturated heterocycles. The number of benzene rings is 2. The zero-order valence-electron chi connectivity index (χ0n) is 17.4. The first kappa shape index (κ1) is 19.0. The molecule has 0 unspecified atom stereocenters. The first-order valence-corrected chi connectivity index (χ1v) is 10.3. The third kappa shape index (κ3) is 2.20. The molecule has 6 heteroatoms. The van der Waals surface area contributed by atoms with Crippen molar-refractivity contribution < 1.29 is 14.4 Å². The maximum absolute atomic E-state index is 14.1. The number of fused-ring (bicyclic) bond motifs is 3. The number of hydrogen-bond donors (Lipinski definition) is 1. The van der Waals surface area contributed by atoms with Gasteiger partial charge in [-0.25, -0.2) is 5.43 Å². The number of hydrogen-bond acceptors (Lipinski definition) is 4. The van der Waals surface area contributed by atoms with Crippen LogP contribution in [0.3, 0.4) is 0 Å². The molecule has 2 atom stereocenters. The van der Waals surface area contributed by atoms with E-state index in [0.29, 0.717) is 18.5 Å². The van der Waals surface area contributed by atoms with E-state index in [1.54, 1.807) is 11.9 Å². The zero-order chi connectivity index (χ0) is 21.3. The fourth-order valence-corrected chi connectivity index (χ4v) is 5.74. The Morgan fingerprint density at radius 3 is 2.27 bits per heavy atom. The number of nitrogens with one attached hydrogen (secondary N) is 1. The van der Waals surface area contributed by atoms with Gasteiger partial charge in [0.1, 0.15) is 5.41 Å². The highest BCUT2D eigenvalue weighted by Crippen LogP contribution is 2.62. The van der Waals surface area contributed by atoms with E-state index in [2.05, 4.69) is 5.43 Å². The normalized spacial score (nSPS) is 29.5. The number of amides is 2. The summed E-state index contributed by atoms with van der Waals surface area (Å²) in [5, 5.41) is 1.35. The lowest BCUT2D eigenvalue weighted by Gasteiger charge is -2.36. The summed E-state index contributed by atoms with van der Waals surface area (Å²) in [4.78, 5) is 42.8. The topological polar surface area (TPSA) is 69.7 Å². The highest BCUT2D eigenvalue weighted by Gasteiger charge is 2.77. The number of carbonyl (C=O) groups is 3. The minimum absolute atomic E-state index is 0.154. The fourth-order valence-electron chi connectivity index (χ4n) is 5.74. The summed E-state index contributed by atoms with van der Waals surface area (Å²) in [5.74, 6) is -0.710. The molecule has 1 saturated carbocycles. The summed E-state index contributed by atoms with van der Waals surface area (Å²) in [6.07, 6.45) is 0.623. The van der Waals surface area contributed by atoms with Gasteiger partial charge in [-0.1, -0.05) is 62.4 Å². The van der Waals surface area contributed by atoms with E-state index < -0.39 is 11.0 Å². The predicted molar refractivity (Wildman–Crippen MR) is 112 cm³/mol. The summed E-state index contributed by atoms with van der Waals surface area (Å²) in [7, 11) is 1.60. The molecule has 154 valence electrons. The van der Waals surface area contributed by atoms with Crippen LogP contribution >= 0.6 is 0 Å². The standard InChI is InChI=1S/C24H25N3O3/c1-22(2)13-19(28)23(15-22)20(29)26(3)25-24(23)17-11-7-8-12-18(17)27(21(24)30)14-16-9-5-4-6-10-16/h4-12,25H,13-15H2,1-3H3/t23-,24+/m1/s1. The van der Waals surface area contributed by atoms with Gasteiger partial charge in [0.25, 0.3) is 11.8 Å². The lowest BCUT2D eigenvalue weighted by atomic mass is 9.64. The summed E-state index contributed by atoms with van der Waals surface area (Å²) in [5.41, 5.74) is 2.43. The van der Waals surface area contributed by atoms with E-state index in [4.69, 9.17) is 0 Å². The van der Waals surface area contributed by atoms with Gasteiger partial charge >= 0.3 is 0 Å². The third-order valence-corrected chi connectivity index (χ3v) is 6.85. The van der Waals surface area contributed by atoms with Crippen LogP contribution in [0.5, 0.6) is 0 Å². The van der Waals surface area contributed by atoms with Gasteiger partial charge in [0, 0.05) is 24.7 Å². The Balaban J connectivity index is 1.72. The second-order valence-electron chi connectivity index (χ2n) is 9.47. The summed E-state index contributed by atoms with van der Waals surface area (Å²) in [6.45, 7) is 4.36. The van der Waals surface area contributed by atoms with Crippen molar-refractivity contribution in [1.82, 2.24) is 10.4 Å². The van der Waals surface area contributed by atoms with Gasteiger partial charge in [0.15, 0.2) is 11.3 Å². The molecule has 0 aromatic heterocycles. The van der Waals surface area contributed by atoms with Crippen LogP contribution in [0.4, 0.5) is 5.69 Å². The highest BCUT2D eigenvalue weighted by atomic mass is 16.2. The number of ketones is 1. The number of hydrazine groups is 1. The number of para-hydroxylation sites is 1. The van der Waals surface area contributed by atoms with Crippen molar-refractivity contribution in [2.75, 3.05) is 11.9 Å². The molecule has 5 rings (SSSR count). The van der Waals surface area contributed by atoms with Crippen molar-refractivity contribution in [3.63, 3.8) is 0 Å². The van der Waals surface area contributed by atoms with Crippen LogP contribution in [-0.4, -0.2) is 29.7 Å². The Morgan fingerprint density at radius 1 is 0.933 bits per heavy atom. The molecule has 2 spiro atoms. The quantitative estimate of drug-likeness (QED) is 0.783. The zero-order valence-corrected chi connectivity index (χ0v) is 17.4. The van der Waals surface area contributed by atoms with Crippen molar-refractivity contribution in [2.24, 2.45) is 10.8 Å². The minimum atomic E-state index is -1.43. The summed E-state index contributed by atoms with van der Waals surface area (Å²) < 4.78 is 0. The van der Waals surface area contributed by atoms with Crippen molar-refractivity contribution in [3.8, 4) is 0 Å². The second-order valence-corrected chi connectivity index (χ2v) is 9.47. The fraction of sp³-hybridized carbons (Fsp3) is 0.375. The van der Waals surface area contributed by atoms with Crippen LogP contribution in [0.25, 0.3) is 0 Å². The second kappa shape index (κ2) is 6.01. The Kier molecular flexibility index (Phi) is 3.81. The molecule has 2 fully saturated rings. The predicted octanol–water partition coefficient (Wildman–Crippen LogP) is 2.78. The molecule has 2 aromatic carbocycles. The molecule has 1 N–H and O–H groups in total.